The van der Waals surface area contributed by atoms with E-state index in [0.717, 1.165) is 12.1 Å². The fourth-order valence-electron chi connectivity index (χ4n) is 1.38. The summed E-state index contributed by atoms with van der Waals surface area (Å²) >= 11 is 11.1. The number of ether oxygens (including phenoxy) is 2. The summed E-state index contributed by atoms with van der Waals surface area (Å²) in [7, 11) is 3.08. The van der Waals surface area contributed by atoms with Gasteiger partial charge in [-0.25, -0.2) is 0 Å². The van der Waals surface area contributed by atoms with Crippen LogP contribution in [0.2, 0.25) is 5.02 Å². The maximum atomic E-state index is 6.08. The molecule has 0 saturated heterocycles. The second-order valence-corrected chi connectivity index (χ2v) is 4.28. The number of nitrogens with one attached hydrogen (secondary N) is 2. The number of hydrazone groups is 1. The van der Waals surface area contributed by atoms with Crippen LogP contribution in [0.1, 0.15) is 12.5 Å². The highest BCUT2D eigenvalue weighted by Gasteiger charge is 2.09. The Morgan fingerprint density at radius 2 is 2.16 bits per heavy atom. The molecule has 19 heavy (non-hydrogen) atoms. The standard InChI is InChI=1S/C12H16ClN3O2S/c1-4-14-12(19)16-15-7-8-5-9(13)11(18-3)10(6-8)17-2/h5-7H,4H2,1-3H3,(H2,14,16,19)/b15-7-. The molecule has 0 atom stereocenters. The summed E-state index contributed by atoms with van der Waals surface area (Å²) in [6.07, 6.45) is 1.59. The summed E-state index contributed by atoms with van der Waals surface area (Å²) in [5, 5.41) is 7.84. The third kappa shape index (κ3) is 4.57. The maximum Gasteiger partial charge on any atom is 0.186 e. The number of nitrogens with zero attached hydrogens (tertiary/aromatic N) is 1. The van der Waals surface area contributed by atoms with Crippen molar-refractivity contribution in [2.75, 3.05) is 20.8 Å². The van der Waals surface area contributed by atoms with E-state index >= 15 is 0 Å². The minimum absolute atomic E-state index is 0.456. The van der Waals surface area contributed by atoms with E-state index in [1.807, 2.05) is 6.92 Å². The lowest BCUT2D eigenvalue weighted by Crippen LogP contribution is -2.31. The quantitative estimate of drug-likeness (QED) is 0.496. The molecule has 1 aromatic rings. The van der Waals surface area contributed by atoms with Crippen LogP contribution in [0.25, 0.3) is 0 Å². The Kier molecular flexibility index (Phi) is 6.38. The Morgan fingerprint density at radius 3 is 2.74 bits per heavy atom. The zero-order chi connectivity index (χ0) is 14.3. The molecule has 0 saturated carbocycles. The Hall–Kier alpha value is -1.53. The Bertz CT molecular complexity index is 480. The van der Waals surface area contributed by atoms with E-state index < -0.39 is 0 Å². The van der Waals surface area contributed by atoms with Crippen molar-refractivity contribution in [2.24, 2.45) is 5.10 Å². The van der Waals surface area contributed by atoms with Crippen molar-refractivity contribution in [1.29, 1.82) is 0 Å². The minimum Gasteiger partial charge on any atom is -0.493 e. The molecule has 1 rings (SSSR count). The molecule has 2 N–H and O–H groups in total. The average molecular weight is 302 g/mol. The summed E-state index contributed by atoms with van der Waals surface area (Å²) in [6.45, 7) is 2.69. The molecular formula is C12H16ClN3O2S. The van der Waals surface area contributed by atoms with Gasteiger partial charge in [-0.15, -0.1) is 0 Å². The summed E-state index contributed by atoms with van der Waals surface area (Å²) < 4.78 is 10.3. The molecule has 0 aromatic heterocycles. The summed E-state index contributed by atoms with van der Waals surface area (Å²) in [5.41, 5.74) is 3.46. The fourth-order valence-corrected chi connectivity index (χ4v) is 1.87. The van der Waals surface area contributed by atoms with Crippen molar-refractivity contribution in [1.82, 2.24) is 10.7 Å². The van der Waals surface area contributed by atoms with Crippen LogP contribution in [0.5, 0.6) is 11.5 Å². The molecule has 0 bridgehead atoms. The number of hydrogen-bond donors (Lipinski definition) is 2. The van der Waals surface area contributed by atoms with E-state index in [1.165, 1.54) is 7.11 Å². The maximum absolute atomic E-state index is 6.08. The lowest BCUT2D eigenvalue weighted by molar-refractivity contribution is 0.355. The summed E-state index contributed by atoms with van der Waals surface area (Å²) in [6, 6.07) is 3.50. The first-order valence-corrected chi connectivity index (χ1v) is 6.39. The zero-order valence-electron chi connectivity index (χ0n) is 11.0. The largest absolute Gasteiger partial charge is 0.493 e. The molecule has 0 aliphatic heterocycles. The highest BCUT2D eigenvalue weighted by molar-refractivity contribution is 7.80. The van der Waals surface area contributed by atoms with E-state index in [9.17, 15) is 0 Å². The lowest BCUT2D eigenvalue weighted by atomic mass is 10.2. The van der Waals surface area contributed by atoms with Gasteiger partial charge in [0.15, 0.2) is 16.6 Å². The van der Waals surface area contributed by atoms with E-state index in [0.29, 0.717) is 21.6 Å². The lowest BCUT2D eigenvalue weighted by Gasteiger charge is -2.10. The third-order valence-electron chi connectivity index (χ3n) is 2.17. The van der Waals surface area contributed by atoms with Gasteiger partial charge in [0.2, 0.25) is 0 Å². The van der Waals surface area contributed by atoms with Crippen LogP contribution in [-0.2, 0) is 0 Å². The monoisotopic (exact) mass is 301 g/mol. The van der Waals surface area contributed by atoms with E-state index in [2.05, 4.69) is 15.8 Å². The minimum atomic E-state index is 0.456. The Morgan fingerprint density at radius 1 is 1.42 bits per heavy atom. The van der Waals surface area contributed by atoms with Crippen LogP contribution in [-0.4, -0.2) is 32.1 Å². The molecule has 1 aromatic carbocycles. The number of thiocarbonyl (C=S) groups is 1. The first-order chi connectivity index (χ1) is 9.12. The topological polar surface area (TPSA) is 54.9 Å². The molecule has 0 radical (unpaired) electrons. The van der Waals surface area contributed by atoms with Gasteiger partial charge in [-0.1, -0.05) is 11.6 Å². The van der Waals surface area contributed by atoms with Crippen LogP contribution >= 0.6 is 23.8 Å². The predicted octanol–water partition coefficient (Wildman–Crippen LogP) is 2.18. The van der Waals surface area contributed by atoms with Gasteiger partial charge in [-0.2, -0.15) is 5.10 Å². The van der Waals surface area contributed by atoms with Gasteiger partial charge in [0.05, 0.1) is 25.5 Å². The van der Waals surface area contributed by atoms with E-state index in [-0.39, 0.29) is 0 Å². The summed E-state index contributed by atoms with van der Waals surface area (Å²) in [5.74, 6) is 1.04. The van der Waals surface area contributed by atoms with E-state index in [1.54, 1.807) is 25.5 Å². The van der Waals surface area contributed by atoms with Gasteiger partial charge < -0.3 is 14.8 Å². The SMILES string of the molecule is CCNC(=S)N/N=C\c1cc(Cl)c(OC)c(OC)c1. The van der Waals surface area contributed by atoms with Crippen LogP contribution in [0, 0.1) is 0 Å². The summed E-state index contributed by atoms with van der Waals surface area (Å²) in [4.78, 5) is 0. The van der Waals surface area contributed by atoms with E-state index in [4.69, 9.17) is 33.3 Å². The van der Waals surface area contributed by atoms with Crippen LogP contribution in [0.4, 0.5) is 0 Å². The average Bonchev–Trinajstić information content (AvgIpc) is 2.38. The first-order valence-electron chi connectivity index (χ1n) is 5.60. The van der Waals surface area contributed by atoms with Crippen molar-refractivity contribution < 1.29 is 9.47 Å². The molecule has 0 aliphatic carbocycles. The molecule has 0 amide bonds. The van der Waals surface area contributed by atoms with Crippen molar-refractivity contribution in [2.45, 2.75) is 6.92 Å². The van der Waals surface area contributed by atoms with Crippen LogP contribution < -0.4 is 20.2 Å². The molecule has 104 valence electrons. The third-order valence-corrected chi connectivity index (χ3v) is 2.69. The number of benzene rings is 1. The molecular weight excluding hydrogens is 286 g/mol. The number of halogens is 1. The van der Waals surface area contributed by atoms with Gasteiger partial charge >= 0.3 is 0 Å². The molecule has 5 nitrogen and oxygen atoms in total. The normalized spacial score (nSPS) is 10.3. The molecule has 0 heterocycles. The van der Waals surface area contributed by atoms with Gasteiger partial charge in [0.1, 0.15) is 0 Å². The molecule has 0 aliphatic rings. The molecule has 0 spiro atoms. The van der Waals surface area contributed by atoms with Gasteiger partial charge in [-0.05, 0) is 36.8 Å². The molecule has 0 unspecified atom stereocenters. The predicted molar refractivity (Wildman–Crippen MR) is 81.6 cm³/mol. The molecule has 0 fully saturated rings. The second kappa shape index (κ2) is 7.81. The van der Waals surface area contributed by atoms with Crippen molar-refractivity contribution in [3.63, 3.8) is 0 Å². The van der Waals surface area contributed by atoms with Crippen LogP contribution in [0.15, 0.2) is 17.2 Å². The van der Waals surface area contributed by atoms with Crippen LogP contribution in [0.3, 0.4) is 0 Å². The number of rotatable bonds is 5. The van der Waals surface area contributed by atoms with Crippen molar-refractivity contribution in [3.8, 4) is 11.5 Å². The fraction of sp³-hybridized carbons (Fsp3) is 0.333. The van der Waals surface area contributed by atoms with Gasteiger partial charge in [0, 0.05) is 6.54 Å². The highest BCUT2D eigenvalue weighted by atomic mass is 35.5. The highest BCUT2D eigenvalue weighted by Crippen LogP contribution is 2.35. The number of methoxy groups -OCH3 is 2. The smallest absolute Gasteiger partial charge is 0.186 e. The zero-order valence-corrected chi connectivity index (χ0v) is 12.6. The number of hydrogen-bond acceptors (Lipinski definition) is 4. The van der Waals surface area contributed by atoms with Crippen molar-refractivity contribution >= 4 is 35.1 Å². The molecule has 7 heteroatoms. The van der Waals surface area contributed by atoms with Crippen molar-refractivity contribution in [3.05, 3.63) is 22.7 Å². The Balaban J connectivity index is 2.82. The Labute approximate surface area is 122 Å². The van der Waals surface area contributed by atoms with Gasteiger partial charge in [-0.3, -0.25) is 5.43 Å². The van der Waals surface area contributed by atoms with Gasteiger partial charge in [0.25, 0.3) is 0 Å². The first kappa shape index (κ1) is 15.5. The second-order valence-electron chi connectivity index (χ2n) is 3.47.